The molecule has 0 bridgehead atoms. The summed E-state index contributed by atoms with van der Waals surface area (Å²) in [6, 6.07) is 10.8. The zero-order chi connectivity index (χ0) is 18.9. The largest absolute Gasteiger partial charge is 0.394 e. The molecule has 1 aromatic rings. The van der Waals surface area contributed by atoms with Crippen LogP contribution in [0, 0.1) is 5.41 Å². The van der Waals surface area contributed by atoms with Gasteiger partial charge >= 0.3 is 0 Å². The molecule has 5 nitrogen and oxygen atoms in total. The summed E-state index contributed by atoms with van der Waals surface area (Å²) in [7, 11) is 0. The van der Waals surface area contributed by atoms with E-state index in [1.165, 1.54) is 5.56 Å². The van der Waals surface area contributed by atoms with Crippen molar-refractivity contribution >= 4 is 5.91 Å². The third-order valence-corrected chi connectivity index (χ3v) is 5.73. The van der Waals surface area contributed by atoms with Crippen LogP contribution in [-0.2, 0) is 11.3 Å². The molecule has 3 rings (SSSR count). The Kier molecular flexibility index (Phi) is 5.42. The van der Waals surface area contributed by atoms with Crippen LogP contribution >= 0.6 is 0 Å². The van der Waals surface area contributed by atoms with Gasteiger partial charge in [0, 0.05) is 50.7 Å². The van der Waals surface area contributed by atoms with Gasteiger partial charge < -0.3 is 10.0 Å². The molecule has 0 saturated carbocycles. The maximum atomic E-state index is 12.7. The zero-order valence-corrected chi connectivity index (χ0v) is 16.6. The minimum absolute atomic E-state index is 0.141. The number of aliphatic hydroxyl groups is 1. The van der Waals surface area contributed by atoms with Crippen molar-refractivity contribution in [3.8, 4) is 0 Å². The van der Waals surface area contributed by atoms with Crippen molar-refractivity contribution in [3.63, 3.8) is 0 Å². The highest BCUT2D eigenvalue weighted by Gasteiger charge is 2.46. The molecule has 0 aliphatic carbocycles. The molecular formula is C21H33N3O2. The average Bonchev–Trinajstić information content (AvgIpc) is 2.60. The predicted molar refractivity (Wildman–Crippen MR) is 104 cm³/mol. The maximum absolute atomic E-state index is 12.7. The molecule has 2 aliphatic heterocycles. The predicted octanol–water partition coefficient (Wildman–Crippen LogP) is 1.81. The van der Waals surface area contributed by atoms with Crippen molar-refractivity contribution in [2.24, 2.45) is 5.41 Å². The molecule has 144 valence electrons. The van der Waals surface area contributed by atoms with Crippen molar-refractivity contribution in [1.29, 1.82) is 0 Å². The lowest BCUT2D eigenvalue weighted by atomic mass is 9.89. The molecule has 1 N–H and O–H groups in total. The van der Waals surface area contributed by atoms with Gasteiger partial charge in [-0.15, -0.1) is 0 Å². The van der Waals surface area contributed by atoms with Crippen molar-refractivity contribution in [2.45, 2.75) is 45.8 Å². The molecule has 5 heteroatoms. The minimum atomic E-state index is -0.346. The summed E-state index contributed by atoms with van der Waals surface area (Å²) >= 11 is 0. The van der Waals surface area contributed by atoms with E-state index >= 15 is 0 Å². The van der Waals surface area contributed by atoms with E-state index in [9.17, 15) is 9.90 Å². The van der Waals surface area contributed by atoms with Gasteiger partial charge in [0.15, 0.2) is 0 Å². The Balaban J connectivity index is 1.75. The first-order valence-corrected chi connectivity index (χ1v) is 9.66. The Morgan fingerprint density at radius 3 is 2.50 bits per heavy atom. The van der Waals surface area contributed by atoms with E-state index in [1.54, 1.807) is 0 Å². The fourth-order valence-electron chi connectivity index (χ4n) is 4.42. The first kappa shape index (κ1) is 19.3. The fourth-order valence-corrected chi connectivity index (χ4v) is 4.42. The SMILES string of the molecule is CC(C)(C)C(=O)N1CCN2C(CN(Cc3ccccc3)CC2(C)CO)C1. The minimum Gasteiger partial charge on any atom is -0.394 e. The van der Waals surface area contributed by atoms with Gasteiger partial charge in [0.25, 0.3) is 0 Å². The van der Waals surface area contributed by atoms with E-state index in [2.05, 4.69) is 41.0 Å². The lowest BCUT2D eigenvalue weighted by Crippen LogP contribution is -2.72. The standard InChI is InChI=1S/C21H33N3O2/c1-20(2,3)19(26)23-10-11-24-18(14-23)13-22(15-21(24,4)16-25)12-17-8-6-5-7-9-17/h5-9,18,25H,10-16H2,1-4H3. The fraction of sp³-hybridized carbons (Fsp3) is 0.667. The number of carbonyl (C=O) groups excluding carboxylic acids is 1. The Labute approximate surface area is 157 Å². The number of benzene rings is 1. The second kappa shape index (κ2) is 7.29. The molecule has 2 heterocycles. The molecule has 0 aromatic heterocycles. The second-order valence-electron chi connectivity index (χ2n) is 9.16. The smallest absolute Gasteiger partial charge is 0.228 e. The molecule has 1 aromatic carbocycles. The molecule has 26 heavy (non-hydrogen) atoms. The zero-order valence-electron chi connectivity index (χ0n) is 16.6. The Hall–Kier alpha value is -1.43. The van der Waals surface area contributed by atoms with Crippen molar-refractivity contribution in [1.82, 2.24) is 14.7 Å². The van der Waals surface area contributed by atoms with Gasteiger partial charge in [-0.25, -0.2) is 0 Å². The van der Waals surface area contributed by atoms with Crippen LogP contribution in [0.3, 0.4) is 0 Å². The molecule has 0 spiro atoms. The molecule has 2 saturated heterocycles. The molecule has 2 unspecified atom stereocenters. The quantitative estimate of drug-likeness (QED) is 0.894. The first-order valence-electron chi connectivity index (χ1n) is 9.66. The second-order valence-corrected chi connectivity index (χ2v) is 9.16. The van der Waals surface area contributed by atoms with E-state index in [0.717, 1.165) is 39.3 Å². The Morgan fingerprint density at radius 1 is 1.19 bits per heavy atom. The highest BCUT2D eigenvalue weighted by molar-refractivity contribution is 5.81. The summed E-state index contributed by atoms with van der Waals surface area (Å²) in [4.78, 5) is 19.6. The van der Waals surface area contributed by atoms with Crippen LogP contribution in [0.25, 0.3) is 0 Å². The highest BCUT2D eigenvalue weighted by Crippen LogP contribution is 2.30. The first-order chi connectivity index (χ1) is 12.2. The number of amides is 1. The van der Waals surface area contributed by atoms with Crippen LogP contribution in [0.4, 0.5) is 0 Å². The third-order valence-electron chi connectivity index (χ3n) is 5.73. The van der Waals surface area contributed by atoms with E-state index in [0.29, 0.717) is 0 Å². The molecule has 1 amide bonds. The van der Waals surface area contributed by atoms with Gasteiger partial charge in [-0.05, 0) is 12.5 Å². The summed E-state index contributed by atoms with van der Waals surface area (Å²) in [5.41, 5.74) is 0.690. The molecule has 2 aliphatic rings. The normalized spacial score (nSPS) is 28.0. The lowest BCUT2D eigenvalue weighted by molar-refractivity contribution is -0.149. The average molecular weight is 360 g/mol. The number of fused-ring (bicyclic) bond motifs is 1. The number of nitrogens with zero attached hydrogens (tertiary/aromatic N) is 3. The lowest BCUT2D eigenvalue weighted by Gasteiger charge is -2.56. The van der Waals surface area contributed by atoms with E-state index in [1.807, 2.05) is 31.7 Å². The van der Waals surface area contributed by atoms with Gasteiger partial charge in [-0.1, -0.05) is 51.1 Å². The highest BCUT2D eigenvalue weighted by atomic mass is 16.3. The van der Waals surface area contributed by atoms with Crippen LogP contribution in [0.1, 0.15) is 33.3 Å². The molecule has 2 fully saturated rings. The number of hydrogen-bond acceptors (Lipinski definition) is 4. The van der Waals surface area contributed by atoms with Gasteiger partial charge in [-0.2, -0.15) is 0 Å². The summed E-state index contributed by atoms with van der Waals surface area (Å²) in [5.74, 6) is 0.225. The Morgan fingerprint density at radius 2 is 1.88 bits per heavy atom. The van der Waals surface area contributed by atoms with E-state index in [4.69, 9.17) is 0 Å². The number of rotatable bonds is 3. The number of hydrogen-bond donors (Lipinski definition) is 1. The summed E-state index contributed by atoms with van der Waals surface area (Å²) in [5, 5.41) is 10.1. The topological polar surface area (TPSA) is 47.0 Å². The van der Waals surface area contributed by atoms with Gasteiger partial charge in [0.1, 0.15) is 0 Å². The van der Waals surface area contributed by atoms with E-state index < -0.39 is 0 Å². The number of carbonyl (C=O) groups is 1. The monoisotopic (exact) mass is 359 g/mol. The van der Waals surface area contributed by atoms with Gasteiger partial charge in [0.05, 0.1) is 12.1 Å². The van der Waals surface area contributed by atoms with Crippen LogP contribution < -0.4 is 0 Å². The van der Waals surface area contributed by atoms with Crippen molar-refractivity contribution in [3.05, 3.63) is 35.9 Å². The van der Waals surface area contributed by atoms with Crippen LogP contribution in [0.2, 0.25) is 0 Å². The number of aliphatic hydroxyl groups excluding tert-OH is 1. The summed E-state index contributed by atoms with van der Waals surface area (Å²) in [6.45, 7) is 13.3. The van der Waals surface area contributed by atoms with Crippen LogP contribution in [0.15, 0.2) is 30.3 Å². The number of piperazine rings is 2. The third kappa shape index (κ3) is 3.95. The van der Waals surface area contributed by atoms with Crippen LogP contribution in [0.5, 0.6) is 0 Å². The molecular weight excluding hydrogens is 326 g/mol. The van der Waals surface area contributed by atoms with Crippen molar-refractivity contribution < 1.29 is 9.90 Å². The van der Waals surface area contributed by atoms with Crippen LogP contribution in [-0.4, -0.2) is 76.6 Å². The summed E-state index contributed by atoms with van der Waals surface area (Å²) in [6.07, 6.45) is 0. The van der Waals surface area contributed by atoms with Gasteiger partial charge in [0.2, 0.25) is 5.91 Å². The van der Waals surface area contributed by atoms with Gasteiger partial charge in [-0.3, -0.25) is 14.6 Å². The molecule has 2 atom stereocenters. The Bertz CT molecular complexity index is 628. The van der Waals surface area contributed by atoms with E-state index in [-0.39, 0.29) is 29.5 Å². The van der Waals surface area contributed by atoms with Crippen molar-refractivity contribution in [2.75, 3.05) is 39.3 Å². The molecule has 0 radical (unpaired) electrons. The maximum Gasteiger partial charge on any atom is 0.228 e. The summed E-state index contributed by atoms with van der Waals surface area (Å²) < 4.78 is 0.